The van der Waals surface area contributed by atoms with Crippen LogP contribution < -0.4 is 5.32 Å². The molecule has 1 rings (SSSR count). The lowest BCUT2D eigenvalue weighted by molar-refractivity contribution is -0.137. The van der Waals surface area contributed by atoms with Gasteiger partial charge in [0, 0.05) is 18.6 Å². The molecule has 4 heteroatoms. The fourth-order valence-electron chi connectivity index (χ4n) is 1.94. The van der Waals surface area contributed by atoms with Gasteiger partial charge in [-0.05, 0) is 26.7 Å². The number of hydrogen-bond acceptors (Lipinski definition) is 3. The fourth-order valence-corrected chi connectivity index (χ4v) is 1.94. The Hall–Kier alpha value is -1.08. The van der Waals surface area contributed by atoms with Crippen LogP contribution in [0.1, 0.15) is 34.1 Å². The molecule has 0 radical (unpaired) electrons. The minimum Gasteiger partial charge on any atom is -0.336 e. The SMILES string of the molecule is CC1CNC(CC#N)C(=O)N(C(C)(C)C)C1. The smallest absolute Gasteiger partial charge is 0.241 e. The predicted octanol–water partition coefficient (Wildman–Crippen LogP) is 1.14. The summed E-state index contributed by atoms with van der Waals surface area (Å²) in [6.07, 6.45) is 0.248. The Morgan fingerprint density at radius 2 is 2.19 bits per heavy atom. The van der Waals surface area contributed by atoms with Crippen LogP contribution >= 0.6 is 0 Å². The molecule has 90 valence electrons. The van der Waals surface area contributed by atoms with Crippen molar-refractivity contribution in [1.82, 2.24) is 10.2 Å². The van der Waals surface area contributed by atoms with Gasteiger partial charge in [-0.15, -0.1) is 0 Å². The summed E-state index contributed by atoms with van der Waals surface area (Å²) < 4.78 is 0. The van der Waals surface area contributed by atoms with Crippen LogP contribution in [0.4, 0.5) is 0 Å². The fraction of sp³-hybridized carbons (Fsp3) is 0.833. The molecule has 0 aromatic heterocycles. The van der Waals surface area contributed by atoms with Crippen LogP contribution in [0.2, 0.25) is 0 Å². The van der Waals surface area contributed by atoms with E-state index in [4.69, 9.17) is 5.26 Å². The van der Waals surface area contributed by atoms with Crippen LogP contribution in [0.25, 0.3) is 0 Å². The van der Waals surface area contributed by atoms with Crippen LogP contribution in [0.5, 0.6) is 0 Å². The largest absolute Gasteiger partial charge is 0.336 e. The minimum atomic E-state index is -0.339. The monoisotopic (exact) mass is 223 g/mol. The average molecular weight is 223 g/mol. The van der Waals surface area contributed by atoms with Gasteiger partial charge in [0.05, 0.1) is 18.5 Å². The van der Waals surface area contributed by atoms with Crippen molar-refractivity contribution in [3.8, 4) is 6.07 Å². The van der Waals surface area contributed by atoms with Gasteiger partial charge in [-0.1, -0.05) is 6.92 Å². The molecule has 1 N–H and O–H groups in total. The molecule has 1 aliphatic rings. The van der Waals surface area contributed by atoms with Crippen molar-refractivity contribution >= 4 is 5.91 Å². The molecule has 1 aliphatic heterocycles. The standard InChI is InChI=1S/C12H21N3O/c1-9-7-14-10(5-6-13)11(16)15(8-9)12(2,3)4/h9-10,14H,5,7-8H2,1-4H3. The number of carbonyl (C=O) groups is 1. The van der Waals surface area contributed by atoms with Crippen molar-refractivity contribution in [3.63, 3.8) is 0 Å². The van der Waals surface area contributed by atoms with Gasteiger partial charge in [-0.25, -0.2) is 0 Å². The van der Waals surface area contributed by atoms with E-state index in [2.05, 4.69) is 18.3 Å². The maximum Gasteiger partial charge on any atom is 0.241 e. The molecule has 1 saturated heterocycles. The molecule has 1 heterocycles. The number of nitrogens with zero attached hydrogens (tertiary/aromatic N) is 2. The van der Waals surface area contributed by atoms with Gasteiger partial charge in [-0.2, -0.15) is 5.26 Å². The van der Waals surface area contributed by atoms with Gasteiger partial charge in [0.1, 0.15) is 0 Å². The van der Waals surface area contributed by atoms with E-state index in [9.17, 15) is 4.79 Å². The maximum atomic E-state index is 12.2. The van der Waals surface area contributed by atoms with Gasteiger partial charge in [0.25, 0.3) is 0 Å². The lowest BCUT2D eigenvalue weighted by atomic mass is 10.0. The van der Waals surface area contributed by atoms with Crippen LogP contribution in [0, 0.1) is 17.2 Å². The molecule has 1 fully saturated rings. The van der Waals surface area contributed by atoms with E-state index in [0.717, 1.165) is 13.1 Å². The molecule has 0 aliphatic carbocycles. The van der Waals surface area contributed by atoms with E-state index in [1.165, 1.54) is 0 Å². The van der Waals surface area contributed by atoms with Gasteiger partial charge in [0.15, 0.2) is 0 Å². The Morgan fingerprint density at radius 1 is 1.56 bits per heavy atom. The maximum absolute atomic E-state index is 12.2. The predicted molar refractivity (Wildman–Crippen MR) is 62.7 cm³/mol. The molecule has 2 atom stereocenters. The third kappa shape index (κ3) is 2.96. The lowest BCUT2D eigenvalue weighted by Gasteiger charge is -2.37. The minimum absolute atomic E-state index is 0.0541. The summed E-state index contributed by atoms with van der Waals surface area (Å²) in [6.45, 7) is 9.78. The van der Waals surface area contributed by atoms with E-state index in [1.54, 1.807) is 0 Å². The first-order chi connectivity index (χ1) is 7.36. The molecule has 2 unspecified atom stereocenters. The van der Waals surface area contributed by atoms with Crippen LogP contribution in [-0.2, 0) is 4.79 Å². The average Bonchev–Trinajstić information content (AvgIpc) is 2.30. The summed E-state index contributed by atoms with van der Waals surface area (Å²) in [4.78, 5) is 14.1. The van der Waals surface area contributed by atoms with Crippen molar-refractivity contribution in [3.05, 3.63) is 0 Å². The first-order valence-corrected chi connectivity index (χ1v) is 5.78. The first-order valence-electron chi connectivity index (χ1n) is 5.78. The Bertz CT molecular complexity index is 300. The second kappa shape index (κ2) is 4.84. The lowest BCUT2D eigenvalue weighted by Crippen LogP contribution is -2.51. The number of hydrogen-bond donors (Lipinski definition) is 1. The van der Waals surface area contributed by atoms with Crippen LogP contribution in [-0.4, -0.2) is 35.5 Å². The number of amides is 1. The van der Waals surface area contributed by atoms with Gasteiger partial charge < -0.3 is 10.2 Å². The third-order valence-corrected chi connectivity index (χ3v) is 2.88. The number of nitriles is 1. The third-order valence-electron chi connectivity index (χ3n) is 2.88. The normalized spacial score (nSPS) is 27.4. The number of carbonyl (C=O) groups excluding carboxylic acids is 1. The van der Waals surface area contributed by atoms with Crippen molar-refractivity contribution in [2.24, 2.45) is 5.92 Å². The molecule has 0 saturated carbocycles. The van der Waals surface area contributed by atoms with E-state index in [1.807, 2.05) is 25.7 Å². The summed E-state index contributed by atoms with van der Waals surface area (Å²) in [7, 11) is 0. The second-order valence-corrected chi connectivity index (χ2v) is 5.55. The Balaban J connectivity index is 2.89. The Labute approximate surface area is 97.6 Å². The Kier molecular flexibility index (Phi) is 3.93. The van der Waals surface area contributed by atoms with Gasteiger partial charge >= 0.3 is 0 Å². The zero-order valence-electron chi connectivity index (χ0n) is 10.6. The molecule has 0 bridgehead atoms. The van der Waals surface area contributed by atoms with Crippen molar-refractivity contribution < 1.29 is 4.79 Å². The number of nitrogens with one attached hydrogen (secondary N) is 1. The molecule has 0 aromatic carbocycles. The molecular weight excluding hydrogens is 202 g/mol. The van der Waals surface area contributed by atoms with E-state index in [0.29, 0.717) is 5.92 Å². The van der Waals surface area contributed by atoms with Crippen LogP contribution in [0.15, 0.2) is 0 Å². The molecular formula is C12H21N3O. The molecule has 0 spiro atoms. The molecule has 16 heavy (non-hydrogen) atoms. The quantitative estimate of drug-likeness (QED) is 0.725. The highest BCUT2D eigenvalue weighted by Gasteiger charge is 2.34. The zero-order valence-corrected chi connectivity index (χ0v) is 10.6. The van der Waals surface area contributed by atoms with Crippen LogP contribution in [0.3, 0.4) is 0 Å². The van der Waals surface area contributed by atoms with Gasteiger partial charge in [0.2, 0.25) is 5.91 Å². The molecule has 1 amide bonds. The van der Waals surface area contributed by atoms with Gasteiger partial charge in [-0.3, -0.25) is 4.79 Å². The molecule has 4 nitrogen and oxygen atoms in total. The summed E-state index contributed by atoms with van der Waals surface area (Å²) in [5.41, 5.74) is -0.176. The topological polar surface area (TPSA) is 56.1 Å². The van der Waals surface area contributed by atoms with E-state index in [-0.39, 0.29) is 23.9 Å². The summed E-state index contributed by atoms with van der Waals surface area (Å²) in [5, 5.41) is 11.9. The second-order valence-electron chi connectivity index (χ2n) is 5.55. The summed E-state index contributed by atoms with van der Waals surface area (Å²) in [6, 6.07) is 1.73. The van der Waals surface area contributed by atoms with E-state index >= 15 is 0 Å². The highest BCUT2D eigenvalue weighted by molar-refractivity contribution is 5.83. The van der Waals surface area contributed by atoms with Crippen molar-refractivity contribution in [1.29, 1.82) is 5.26 Å². The van der Waals surface area contributed by atoms with E-state index < -0.39 is 0 Å². The van der Waals surface area contributed by atoms with Crippen molar-refractivity contribution in [2.45, 2.75) is 45.7 Å². The van der Waals surface area contributed by atoms with Crippen molar-refractivity contribution in [2.75, 3.05) is 13.1 Å². The highest BCUT2D eigenvalue weighted by Crippen LogP contribution is 2.19. The summed E-state index contributed by atoms with van der Waals surface area (Å²) in [5.74, 6) is 0.477. The number of rotatable bonds is 1. The highest BCUT2D eigenvalue weighted by atomic mass is 16.2. The molecule has 0 aromatic rings. The Morgan fingerprint density at radius 3 is 2.69 bits per heavy atom. The zero-order chi connectivity index (χ0) is 12.3. The summed E-state index contributed by atoms with van der Waals surface area (Å²) >= 11 is 0. The first kappa shape index (κ1) is 13.0.